The number of carbonyl (C=O) groups is 1. The highest BCUT2D eigenvalue weighted by molar-refractivity contribution is 6.05. The van der Waals surface area contributed by atoms with Gasteiger partial charge in [-0.2, -0.15) is 40.2 Å². The van der Waals surface area contributed by atoms with Gasteiger partial charge in [0.2, 0.25) is 0 Å². The number of nitrogens with one attached hydrogen (secondary N) is 2. The summed E-state index contributed by atoms with van der Waals surface area (Å²) >= 11 is 0. The first-order chi connectivity index (χ1) is 13.6. The van der Waals surface area contributed by atoms with Gasteiger partial charge in [-0.05, 0) is 19.1 Å². The van der Waals surface area contributed by atoms with E-state index in [2.05, 4.69) is 10.4 Å². The van der Waals surface area contributed by atoms with Crippen LogP contribution in [0.4, 0.5) is 51.0 Å². The van der Waals surface area contributed by atoms with E-state index in [-0.39, 0.29) is 16.9 Å². The molecule has 0 aliphatic rings. The molecule has 5 nitrogen and oxygen atoms in total. The number of hydrogen-bond acceptors (Lipinski definition) is 3. The van der Waals surface area contributed by atoms with Gasteiger partial charge in [0.1, 0.15) is 11.4 Å². The average molecular weight is 448 g/mol. The van der Waals surface area contributed by atoms with Crippen LogP contribution in [0.3, 0.4) is 0 Å². The summed E-state index contributed by atoms with van der Waals surface area (Å²) in [6.07, 6.45) is -12.1. The number of aromatic nitrogens is 2. The number of halogens is 9. The molecule has 30 heavy (non-hydrogen) atoms. The molecule has 2 aromatic rings. The number of aryl methyl sites for hydroxylation is 1. The summed E-state index contributed by atoms with van der Waals surface area (Å²) in [6, 6.07) is 3.30. The highest BCUT2D eigenvalue weighted by atomic mass is 19.4. The summed E-state index contributed by atoms with van der Waals surface area (Å²) in [5, 5.41) is 6.71. The predicted molar refractivity (Wildman–Crippen MR) is 86.7 cm³/mol. The van der Waals surface area contributed by atoms with Crippen LogP contribution in [-0.2, 0) is 19.1 Å². The largest absolute Gasteiger partial charge is 0.459 e. The van der Waals surface area contributed by atoms with E-state index in [1.54, 1.807) is 6.92 Å². The van der Waals surface area contributed by atoms with E-state index in [0.717, 1.165) is 6.07 Å². The third kappa shape index (κ3) is 4.16. The third-order valence-electron chi connectivity index (χ3n) is 3.83. The number of nitrogens with zero attached hydrogens (tertiary/aromatic N) is 2. The Morgan fingerprint density at radius 3 is 2.20 bits per heavy atom. The lowest BCUT2D eigenvalue weighted by Crippen LogP contribution is -2.36. The van der Waals surface area contributed by atoms with E-state index in [4.69, 9.17) is 0 Å². The molecule has 166 valence electrons. The predicted octanol–water partition coefficient (Wildman–Crippen LogP) is 4.92. The molecule has 0 bridgehead atoms. The molecule has 0 fully saturated rings. The van der Waals surface area contributed by atoms with E-state index in [1.165, 1.54) is 17.4 Å². The van der Waals surface area contributed by atoms with Crippen molar-refractivity contribution < 1.29 is 44.3 Å². The fraction of sp³-hybridized carbons (Fsp3) is 0.375. The van der Waals surface area contributed by atoms with Gasteiger partial charge in [0, 0.05) is 13.6 Å². The van der Waals surface area contributed by atoms with Crippen molar-refractivity contribution in [2.75, 3.05) is 17.2 Å². The van der Waals surface area contributed by atoms with E-state index in [9.17, 15) is 44.3 Å². The second-order valence-corrected chi connectivity index (χ2v) is 5.92. The van der Waals surface area contributed by atoms with Crippen molar-refractivity contribution in [1.29, 1.82) is 0 Å². The SMILES string of the molecule is CCNc1cccc(C(=O)Nc2c(C(F)(F)F)c(C(F)(F)C(F)(F)F)nn2C)c1F. The molecule has 0 aliphatic heterocycles. The van der Waals surface area contributed by atoms with E-state index >= 15 is 0 Å². The van der Waals surface area contributed by atoms with Gasteiger partial charge in [-0.3, -0.25) is 9.48 Å². The number of anilines is 2. The summed E-state index contributed by atoms with van der Waals surface area (Å²) in [5.41, 5.74) is -6.08. The molecular formula is C16H13F9N4O. The number of benzene rings is 1. The Morgan fingerprint density at radius 2 is 1.70 bits per heavy atom. The van der Waals surface area contributed by atoms with Crippen LogP contribution >= 0.6 is 0 Å². The number of amides is 1. The van der Waals surface area contributed by atoms with Crippen molar-refractivity contribution in [3.05, 3.63) is 40.8 Å². The van der Waals surface area contributed by atoms with Gasteiger partial charge in [-0.15, -0.1) is 0 Å². The topological polar surface area (TPSA) is 59.0 Å². The van der Waals surface area contributed by atoms with Gasteiger partial charge in [0.15, 0.2) is 11.5 Å². The van der Waals surface area contributed by atoms with Crippen molar-refractivity contribution in [3.8, 4) is 0 Å². The zero-order valence-corrected chi connectivity index (χ0v) is 15.1. The minimum Gasteiger partial charge on any atom is -0.383 e. The second-order valence-electron chi connectivity index (χ2n) is 5.92. The van der Waals surface area contributed by atoms with E-state index < -0.39 is 52.6 Å². The lowest BCUT2D eigenvalue weighted by molar-refractivity contribution is -0.292. The van der Waals surface area contributed by atoms with Crippen LogP contribution in [0.25, 0.3) is 0 Å². The maximum atomic E-state index is 14.4. The minimum absolute atomic E-state index is 0.00174. The Hall–Kier alpha value is -2.93. The molecule has 1 amide bonds. The lowest BCUT2D eigenvalue weighted by atomic mass is 10.1. The zero-order valence-electron chi connectivity index (χ0n) is 15.1. The van der Waals surface area contributed by atoms with E-state index in [1.807, 2.05) is 0 Å². The highest BCUT2D eigenvalue weighted by Gasteiger charge is 2.64. The molecule has 0 atom stereocenters. The number of rotatable bonds is 5. The van der Waals surface area contributed by atoms with Crippen molar-refractivity contribution in [1.82, 2.24) is 9.78 Å². The first-order valence-corrected chi connectivity index (χ1v) is 8.05. The van der Waals surface area contributed by atoms with Crippen molar-refractivity contribution in [3.63, 3.8) is 0 Å². The second kappa shape index (κ2) is 7.72. The Morgan fingerprint density at radius 1 is 1.10 bits per heavy atom. The van der Waals surface area contributed by atoms with Gasteiger partial charge < -0.3 is 10.6 Å². The van der Waals surface area contributed by atoms with Crippen LogP contribution in [0.15, 0.2) is 18.2 Å². The Labute approximate surface area is 162 Å². The average Bonchev–Trinajstić information content (AvgIpc) is 2.93. The Kier molecular flexibility index (Phi) is 6.01. The first kappa shape index (κ1) is 23.3. The fourth-order valence-corrected chi connectivity index (χ4v) is 2.50. The molecule has 2 rings (SSSR count). The number of carbonyl (C=O) groups excluding carboxylic acids is 1. The molecule has 0 aliphatic carbocycles. The number of alkyl halides is 8. The fourth-order valence-electron chi connectivity index (χ4n) is 2.50. The van der Waals surface area contributed by atoms with Gasteiger partial charge >= 0.3 is 18.3 Å². The third-order valence-corrected chi connectivity index (χ3v) is 3.83. The highest BCUT2D eigenvalue weighted by Crippen LogP contribution is 2.49. The standard InChI is InChI=1S/C16H13F9N4O/c1-3-26-8-6-4-5-7(10(8)17)13(30)27-12-9(15(20,21)22)11(28-29(12)2)14(18,19)16(23,24)25/h4-6,26H,3H2,1-2H3,(H,27,30). The van der Waals surface area contributed by atoms with Crippen LogP contribution in [0.1, 0.15) is 28.5 Å². The molecule has 2 N–H and O–H groups in total. The number of hydrogen-bond donors (Lipinski definition) is 2. The molecule has 1 heterocycles. The van der Waals surface area contributed by atoms with Crippen LogP contribution in [-0.4, -0.2) is 28.4 Å². The normalized spacial score (nSPS) is 12.8. The summed E-state index contributed by atoms with van der Waals surface area (Å²) in [5.74, 6) is -10.1. The molecule has 1 aromatic heterocycles. The lowest BCUT2D eigenvalue weighted by Gasteiger charge is -2.19. The van der Waals surface area contributed by atoms with Gasteiger partial charge in [0.25, 0.3) is 5.91 Å². The van der Waals surface area contributed by atoms with Crippen LogP contribution in [0.5, 0.6) is 0 Å². The molecule has 0 unspecified atom stereocenters. The molecule has 0 saturated carbocycles. The smallest absolute Gasteiger partial charge is 0.383 e. The monoisotopic (exact) mass is 448 g/mol. The van der Waals surface area contributed by atoms with E-state index in [0.29, 0.717) is 7.05 Å². The minimum atomic E-state index is -6.38. The molecule has 14 heteroatoms. The van der Waals surface area contributed by atoms with Crippen molar-refractivity contribution >= 4 is 17.4 Å². The molecular weight excluding hydrogens is 435 g/mol. The van der Waals surface area contributed by atoms with Gasteiger partial charge in [0.05, 0.1) is 11.3 Å². The van der Waals surface area contributed by atoms with Gasteiger partial charge in [-0.25, -0.2) is 4.39 Å². The maximum absolute atomic E-state index is 14.4. The maximum Gasteiger partial charge on any atom is 0.459 e. The molecule has 0 spiro atoms. The summed E-state index contributed by atoms with van der Waals surface area (Å²) in [4.78, 5) is 12.3. The molecule has 0 saturated heterocycles. The van der Waals surface area contributed by atoms with Crippen molar-refractivity contribution in [2.24, 2.45) is 7.05 Å². The molecule has 0 radical (unpaired) electrons. The van der Waals surface area contributed by atoms with Crippen LogP contribution < -0.4 is 10.6 Å². The Balaban J connectivity index is 2.59. The van der Waals surface area contributed by atoms with Crippen LogP contribution in [0, 0.1) is 5.82 Å². The summed E-state index contributed by atoms with van der Waals surface area (Å²) in [6.45, 7) is 1.83. The Bertz CT molecular complexity index is 947. The van der Waals surface area contributed by atoms with Gasteiger partial charge in [-0.1, -0.05) is 6.07 Å². The molecule has 1 aromatic carbocycles. The zero-order chi connectivity index (χ0) is 23.1. The summed E-state index contributed by atoms with van der Waals surface area (Å²) < 4.78 is 120. The quantitative estimate of drug-likeness (QED) is 0.639. The van der Waals surface area contributed by atoms with Crippen LogP contribution in [0.2, 0.25) is 0 Å². The first-order valence-electron chi connectivity index (χ1n) is 8.05. The summed E-state index contributed by atoms with van der Waals surface area (Å²) in [7, 11) is 0.617. The van der Waals surface area contributed by atoms with Crippen molar-refractivity contribution in [2.45, 2.75) is 25.2 Å².